The fraction of sp³-hybridized carbons (Fsp3) is 0.333. The lowest BCUT2D eigenvalue weighted by Crippen LogP contribution is -2.23. The van der Waals surface area contributed by atoms with Crippen LogP contribution in [0.4, 0.5) is 20.4 Å². The molecular weight excluding hydrogens is 440 g/mol. The summed E-state index contributed by atoms with van der Waals surface area (Å²) in [7, 11) is 0. The van der Waals surface area contributed by atoms with Gasteiger partial charge in [-0.25, -0.2) is 19.3 Å². The van der Waals surface area contributed by atoms with E-state index in [0.717, 1.165) is 45.0 Å². The molecular formula is C24H23F2N7O. The largest absolute Gasteiger partial charge is 0.324 e. The molecule has 0 atom stereocenters. The number of pyridine rings is 1. The molecule has 0 amide bonds. The Labute approximate surface area is 193 Å². The summed E-state index contributed by atoms with van der Waals surface area (Å²) in [5, 5.41) is 6.90. The van der Waals surface area contributed by atoms with Gasteiger partial charge in [-0.05, 0) is 61.2 Å². The van der Waals surface area contributed by atoms with E-state index < -0.39 is 5.92 Å². The van der Waals surface area contributed by atoms with Crippen LogP contribution in [0.5, 0.6) is 0 Å². The van der Waals surface area contributed by atoms with Gasteiger partial charge in [0.15, 0.2) is 11.5 Å². The van der Waals surface area contributed by atoms with Crippen molar-refractivity contribution in [2.75, 3.05) is 11.9 Å². The number of alkyl halides is 2. The zero-order valence-corrected chi connectivity index (χ0v) is 18.6. The second kappa shape index (κ2) is 7.69. The molecule has 3 aromatic heterocycles. The molecule has 1 fully saturated rings. The van der Waals surface area contributed by atoms with Crippen molar-refractivity contribution >= 4 is 22.7 Å². The van der Waals surface area contributed by atoms with Crippen LogP contribution < -0.4 is 16.2 Å². The molecule has 1 aliphatic carbocycles. The van der Waals surface area contributed by atoms with Gasteiger partial charge in [-0.3, -0.25) is 4.79 Å². The SMILES string of the molecule is CC(F)(F)c1cccc(-n2c3nc(Nc4ccc5c(c4)CNCC5)ncc3c(=O)n2C2CC2)n1. The lowest BCUT2D eigenvalue weighted by atomic mass is 10.0. The van der Waals surface area contributed by atoms with Crippen LogP contribution >= 0.6 is 0 Å². The van der Waals surface area contributed by atoms with Crippen LogP contribution in [-0.2, 0) is 18.9 Å². The van der Waals surface area contributed by atoms with Crippen LogP contribution in [0.15, 0.2) is 47.4 Å². The Kier molecular flexibility index (Phi) is 4.73. The molecule has 174 valence electrons. The Hall–Kier alpha value is -3.66. The van der Waals surface area contributed by atoms with Crippen LogP contribution in [0.1, 0.15) is 42.6 Å². The molecule has 1 aliphatic heterocycles. The van der Waals surface area contributed by atoms with Crippen molar-refractivity contribution in [1.82, 2.24) is 29.6 Å². The maximum atomic E-state index is 14.0. The summed E-state index contributed by atoms with van der Waals surface area (Å²) in [6.45, 7) is 2.58. The minimum absolute atomic E-state index is 0.0150. The van der Waals surface area contributed by atoms with E-state index in [1.165, 1.54) is 29.5 Å². The molecule has 0 unspecified atom stereocenters. The predicted octanol–water partition coefficient (Wildman–Crippen LogP) is 3.81. The summed E-state index contributed by atoms with van der Waals surface area (Å²) in [6, 6.07) is 10.5. The van der Waals surface area contributed by atoms with Crippen LogP contribution in [0, 0.1) is 0 Å². The van der Waals surface area contributed by atoms with Gasteiger partial charge in [0.25, 0.3) is 11.5 Å². The van der Waals surface area contributed by atoms with E-state index in [1.54, 1.807) is 15.4 Å². The minimum Gasteiger partial charge on any atom is -0.324 e. The predicted molar refractivity (Wildman–Crippen MR) is 124 cm³/mol. The van der Waals surface area contributed by atoms with Crippen molar-refractivity contribution < 1.29 is 8.78 Å². The number of halogens is 2. The van der Waals surface area contributed by atoms with Gasteiger partial charge in [-0.2, -0.15) is 13.8 Å². The normalized spacial score (nSPS) is 16.0. The highest BCUT2D eigenvalue weighted by Gasteiger charge is 2.32. The van der Waals surface area contributed by atoms with E-state index >= 15 is 0 Å². The highest BCUT2D eigenvalue weighted by molar-refractivity contribution is 5.77. The van der Waals surface area contributed by atoms with Crippen LogP contribution in [0.25, 0.3) is 16.9 Å². The molecule has 4 heterocycles. The second-order valence-electron chi connectivity index (χ2n) is 8.93. The zero-order valence-electron chi connectivity index (χ0n) is 18.6. The van der Waals surface area contributed by atoms with Crippen LogP contribution in [0.2, 0.25) is 0 Å². The first kappa shape index (κ1) is 20.9. The molecule has 10 heteroatoms. The molecule has 8 nitrogen and oxygen atoms in total. The number of nitrogens with one attached hydrogen (secondary N) is 2. The molecule has 0 radical (unpaired) electrons. The fourth-order valence-corrected chi connectivity index (χ4v) is 4.40. The van der Waals surface area contributed by atoms with Gasteiger partial charge >= 0.3 is 0 Å². The number of fused-ring (bicyclic) bond motifs is 2. The average molecular weight is 463 g/mol. The summed E-state index contributed by atoms with van der Waals surface area (Å²) in [6.07, 6.45) is 4.14. The molecule has 0 bridgehead atoms. The highest BCUT2D eigenvalue weighted by Crippen LogP contribution is 2.36. The standard InChI is InChI=1S/C24H23F2N7O/c1-24(25,26)19-3-2-4-20(30-19)33-21-18(22(34)32(33)17-7-8-17)13-28-23(31-21)29-16-6-5-14-9-10-27-12-15(14)11-16/h2-6,11,13,17,27H,7-10,12H2,1H3,(H,28,29,31). The number of hydrogen-bond donors (Lipinski definition) is 2. The maximum absolute atomic E-state index is 14.0. The van der Waals surface area contributed by atoms with Gasteiger partial charge in [0.2, 0.25) is 5.95 Å². The van der Waals surface area contributed by atoms with Crippen molar-refractivity contribution in [3.63, 3.8) is 0 Å². The summed E-state index contributed by atoms with van der Waals surface area (Å²) in [5.74, 6) is -2.57. The number of hydrogen-bond acceptors (Lipinski definition) is 6. The van der Waals surface area contributed by atoms with Crippen molar-refractivity contribution in [2.45, 2.75) is 44.7 Å². The Bertz CT molecular complexity index is 1470. The first-order valence-corrected chi connectivity index (χ1v) is 11.3. The van der Waals surface area contributed by atoms with Gasteiger partial charge in [-0.1, -0.05) is 12.1 Å². The Morgan fingerprint density at radius 1 is 1.15 bits per heavy atom. The van der Waals surface area contributed by atoms with E-state index in [2.05, 4.69) is 37.7 Å². The van der Waals surface area contributed by atoms with Crippen molar-refractivity contribution in [1.29, 1.82) is 0 Å². The second-order valence-corrected chi connectivity index (χ2v) is 8.93. The number of rotatable bonds is 5. The molecule has 0 spiro atoms. The van der Waals surface area contributed by atoms with E-state index in [9.17, 15) is 13.6 Å². The highest BCUT2D eigenvalue weighted by atomic mass is 19.3. The van der Waals surface area contributed by atoms with E-state index in [-0.39, 0.29) is 23.1 Å². The summed E-state index contributed by atoms with van der Waals surface area (Å²) in [5.41, 5.74) is 3.09. The molecule has 2 aliphatic rings. The third-order valence-electron chi connectivity index (χ3n) is 6.27. The Morgan fingerprint density at radius 3 is 2.79 bits per heavy atom. The topological polar surface area (TPSA) is 89.7 Å². The number of benzene rings is 1. The molecule has 1 aromatic carbocycles. The third kappa shape index (κ3) is 3.63. The number of nitrogens with zero attached hydrogens (tertiary/aromatic N) is 5. The lowest BCUT2D eigenvalue weighted by molar-refractivity contribution is 0.0127. The first-order valence-electron chi connectivity index (χ1n) is 11.3. The van der Waals surface area contributed by atoms with E-state index in [4.69, 9.17) is 0 Å². The quantitative estimate of drug-likeness (QED) is 0.468. The van der Waals surface area contributed by atoms with Crippen molar-refractivity contribution in [3.05, 3.63) is 69.8 Å². The van der Waals surface area contributed by atoms with Crippen molar-refractivity contribution in [3.8, 4) is 5.82 Å². The van der Waals surface area contributed by atoms with Crippen molar-refractivity contribution in [2.24, 2.45) is 0 Å². The Balaban J connectivity index is 1.46. The smallest absolute Gasteiger partial charge is 0.287 e. The lowest BCUT2D eigenvalue weighted by Gasteiger charge is -2.18. The molecule has 1 saturated carbocycles. The third-order valence-corrected chi connectivity index (χ3v) is 6.27. The number of anilines is 2. The zero-order chi connectivity index (χ0) is 23.4. The number of aromatic nitrogens is 5. The monoisotopic (exact) mass is 463 g/mol. The Morgan fingerprint density at radius 2 is 2.00 bits per heavy atom. The van der Waals surface area contributed by atoms with E-state index in [1.807, 2.05) is 6.07 Å². The summed E-state index contributed by atoms with van der Waals surface area (Å²) in [4.78, 5) is 26.3. The molecule has 6 rings (SSSR count). The maximum Gasteiger partial charge on any atom is 0.287 e. The van der Waals surface area contributed by atoms with Gasteiger partial charge in [0, 0.05) is 25.4 Å². The van der Waals surface area contributed by atoms with E-state index in [0.29, 0.717) is 17.0 Å². The molecule has 0 saturated heterocycles. The summed E-state index contributed by atoms with van der Waals surface area (Å²) < 4.78 is 31.1. The van der Waals surface area contributed by atoms with Crippen LogP contribution in [0.3, 0.4) is 0 Å². The van der Waals surface area contributed by atoms with Gasteiger partial charge in [-0.15, -0.1) is 0 Å². The molecule has 34 heavy (non-hydrogen) atoms. The van der Waals surface area contributed by atoms with Crippen LogP contribution in [-0.4, -0.2) is 30.9 Å². The first-order chi connectivity index (χ1) is 16.4. The van der Waals surface area contributed by atoms with Gasteiger partial charge in [0.1, 0.15) is 11.1 Å². The minimum atomic E-state index is -3.10. The average Bonchev–Trinajstić information content (AvgIpc) is 3.62. The summed E-state index contributed by atoms with van der Waals surface area (Å²) >= 11 is 0. The fourth-order valence-electron chi connectivity index (χ4n) is 4.40. The molecule has 4 aromatic rings. The molecule has 2 N–H and O–H groups in total. The van der Waals surface area contributed by atoms with Gasteiger partial charge < -0.3 is 10.6 Å². The van der Waals surface area contributed by atoms with Gasteiger partial charge in [0.05, 0.1) is 6.04 Å².